The molecule has 0 radical (unpaired) electrons. The van der Waals surface area contributed by atoms with Crippen LogP contribution >= 0.6 is 21.6 Å². The number of likely N-dealkylation sites (N-methyl/N-ethyl adjacent to an activating group) is 1. The van der Waals surface area contributed by atoms with E-state index in [4.69, 9.17) is 17.2 Å². The van der Waals surface area contributed by atoms with Gasteiger partial charge in [-0.2, -0.15) is 0 Å². The zero-order valence-corrected chi connectivity index (χ0v) is 12.6. The van der Waals surface area contributed by atoms with Crippen LogP contribution in [0, 0.1) is 0 Å². The number of carbonyl (C=O) groups is 2. The number of rotatable bonds is 9. The van der Waals surface area contributed by atoms with Gasteiger partial charge < -0.3 is 22.5 Å². The van der Waals surface area contributed by atoms with Gasteiger partial charge in [0.05, 0.1) is 6.04 Å². The number of nitrogens with one attached hydrogen (secondary N) is 1. The Morgan fingerprint density at radius 2 is 1.78 bits per heavy atom. The number of hydrogen-bond donors (Lipinski definition) is 4. The molecule has 0 saturated carbocycles. The van der Waals surface area contributed by atoms with Crippen LogP contribution in [0.3, 0.4) is 0 Å². The van der Waals surface area contributed by atoms with E-state index in [1.54, 1.807) is 0 Å². The normalized spacial score (nSPS) is 11.3. The van der Waals surface area contributed by atoms with Crippen LogP contribution in [0.1, 0.15) is 20.3 Å². The van der Waals surface area contributed by atoms with Crippen molar-refractivity contribution in [2.24, 2.45) is 17.2 Å². The van der Waals surface area contributed by atoms with E-state index in [1.807, 2.05) is 13.8 Å². The SMILES string of the molecule is CCN.CCNC(CSSCCC(N)=O)C(N)=O. The zero-order chi connectivity index (χ0) is 14.4. The summed E-state index contributed by atoms with van der Waals surface area (Å²) in [5.74, 6) is 0.616. The monoisotopic (exact) mass is 296 g/mol. The molecular formula is C10H24N4O2S2. The van der Waals surface area contributed by atoms with Crippen LogP contribution < -0.4 is 22.5 Å². The lowest BCUT2D eigenvalue weighted by Gasteiger charge is -2.12. The van der Waals surface area contributed by atoms with Crippen molar-refractivity contribution in [3.8, 4) is 0 Å². The lowest BCUT2D eigenvalue weighted by molar-refractivity contribution is -0.119. The lowest BCUT2D eigenvalue weighted by atomic mass is 10.3. The fraction of sp³-hybridized carbons (Fsp3) is 0.800. The summed E-state index contributed by atoms with van der Waals surface area (Å²) in [5.41, 5.74) is 15.0. The molecule has 0 spiro atoms. The lowest BCUT2D eigenvalue weighted by Crippen LogP contribution is -2.42. The highest BCUT2D eigenvalue weighted by Gasteiger charge is 2.13. The Bertz CT molecular complexity index is 230. The molecule has 7 N–H and O–H groups in total. The van der Waals surface area contributed by atoms with E-state index >= 15 is 0 Å². The van der Waals surface area contributed by atoms with Gasteiger partial charge in [0.25, 0.3) is 0 Å². The molecule has 0 aliphatic carbocycles. The van der Waals surface area contributed by atoms with Crippen LogP contribution in [0.5, 0.6) is 0 Å². The van der Waals surface area contributed by atoms with Gasteiger partial charge in [0.1, 0.15) is 0 Å². The Labute approximate surface area is 117 Å². The van der Waals surface area contributed by atoms with Gasteiger partial charge in [-0.25, -0.2) is 0 Å². The van der Waals surface area contributed by atoms with Crippen molar-refractivity contribution in [3.63, 3.8) is 0 Å². The highest BCUT2D eigenvalue weighted by atomic mass is 33.1. The summed E-state index contributed by atoms with van der Waals surface area (Å²) >= 11 is 0. The van der Waals surface area contributed by atoms with E-state index in [1.165, 1.54) is 21.6 Å². The molecule has 6 nitrogen and oxygen atoms in total. The molecule has 0 rings (SSSR count). The molecule has 0 saturated heterocycles. The van der Waals surface area contributed by atoms with Gasteiger partial charge in [-0.15, -0.1) is 0 Å². The first-order valence-corrected chi connectivity index (χ1v) is 8.23. The van der Waals surface area contributed by atoms with E-state index in [2.05, 4.69) is 5.32 Å². The summed E-state index contributed by atoms with van der Waals surface area (Å²) < 4.78 is 0. The van der Waals surface area contributed by atoms with Crippen molar-refractivity contribution in [2.75, 3.05) is 24.6 Å². The summed E-state index contributed by atoms with van der Waals surface area (Å²) in [6.45, 7) is 5.28. The molecular weight excluding hydrogens is 272 g/mol. The number of amides is 2. The predicted molar refractivity (Wildman–Crippen MR) is 80.1 cm³/mol. The summed E-state index contributed by atoms with van der Waals surface area (Å²) in [7, 11) is 3.04. The molecule has 0 heterocycles. The average molecular weight is 296 g/mol. The third kappa shape index (κ3) is 15.6. The van der Waals surface area contributed by atoms with E-state index in [0.29, 0.717) is 24.5 Å². The maximum Gasteiger partial charge on any atom is 0.235 e. The standard InChI is InChI=1S/C8H17N3O2S2.C2H7N/c1-2-11-6(8(10)13)5-15-14-4-3-7(9)12;1-2-3/h6,11H,2-5H2,1H3,(H2,9,12)(H2,10,13);2-3H2,1H3. The summed E-state index contributed by atoms with van der Waals surface area (Å²) in [5, 5.41) is 2.98. The molecule has 1 unspecified atom stereocenters. The van der Waals surface area contributed by atoms with Crippen LogP contribution in [0.2, 0.25) is 0 Å². The zero-order valence-electron chi connectivity index (χ0n) is 11.0. The van der Waals surface area contributed by atoms with Crippen LogP contribution in [0.4, 0.5) is 0 Å². The number of primary amides is 2. The molecule has 0 aromatic heterocycles. The molecule has 0 bridgehead atoms. The molecule has 0 fully saturated rings. The summed E-state index contributed by atoms with van der Waals surface area (Å²) in [4.78, 5) is 21.3. The molecule has 0 aromatic carbocycles. The second kappa shape index (κ2) is 14.6. The Hall–Kier alpha value is -0.440. The summed E-state index contributed by atoms with van der Waals surface area (Å²) in [6, 6.07) is -0.305. The fourth-order valence-electron chi connectivity index (χ4n) is 0.805. The largest absolute Gasteiger partial charge is 0.370 e. The Balaban J connectivity index is 0. The number of nitrogens with two attached hydrogens (primary N) is 3. The minimum Gasteiger partial charge on any atom is -0.370 e. The van der Waals surface area contributed by atoms with Gasteiger partial charge in [0.15, 0.2) is 0 Å². The minimum atomic E-state index is -0.347. The van der Waals surface area contributed by atoms with Crippen molar-refractivity contribution in [1.29, 1.82) is 0 Å². The summed E-state index contributed by atoms with van der Waals surface area (Å²) in [6.07, 6.45) is 0.361. The van der Waals surface area contributed by atoms with E-state index < -0.39 is 0 Å². The van der Waals surface area contributed by atoms with Crippen LogP contribution in [0.15, 0.2) is 0 Å². The Kier molecular flexibility index (Phi) is 16.2. The number of hydrogen-bond acceptors (Lipinski definition) is 6. The average Bonchev–Trinajstić information content (AvgIpc) is 2.27. The van der Waals surface area contributed by atoms with Gasteiger partial charge in [0.2, 0.25) is 11.8 Å². The van der Waals surface area contributed by atoms with E-state index in [0.717, 1.165) is 6.54 Å². The molecule has 1 atom stereocenters. The highest BCUT2D eigenvalue weighted by molar-refractivity contribution is 8.76. The minimum absolute atomic E-state index is 0.304. The van der Waals surface area contributed by atoms with Crippen LogP contribution in [0.25, 0.3) is 0 Å². The molecule has 18 heavy (non-hydrogen) atoms. The fourth-order valence-corrected chi connectivity index (χ4v) is 3.02. The molecule has 0 aliphatic rings. The smallest absolute Gasteiger partial charge is 0.235 e. The van der Waals surface area contributed by atoms with Crippen molar-refractivity contribution >= 4 is 33.4 Å². The second-order valence-corrected chi connectivity index (χ2v) is 5.87. The molecule has 8 heteroatoms. The first-order valence-electron chi connectivity index (χ1n) is 5.74. The molecule has 0 aliphatic heterocycles. The Morgan fingerprint density at radius 3 is 2.17 bits per heavy atom. The predicted octanol–water partition coefficient (Wildman–Crippen LogP) is -0.328. The molecule has 108 valence electrons. The van der Waals surface area contributed by atoms with E-state index in [9.17, 15) is 9.59 Å². The first-order chi connectivity index (χ1) is 8.49. The van der Waals surface area contributed by atoms with Gasteiger partial charge in [-0.1, -0.05) is 35.4 Å². The van der Waals surface area contributed by atoms with Gasteiger partial charge in [0, 0.05) is 17.9 Å². The maximum atomic E-state index is 10.9. The topological polar surface area (TPSA) is 124 Å². The number of carbonyl (C=O) groups excluding carboxylic acids is 2. The first kappa shape index (κ1) is 19.9. The van der Waals surface area contributed by atoms with Gasteiger partial charge in [-0.05, 0) is 13.1 Å². The second-order valence-electron chi connectivity index (χ2n) is 3.24. The van der Waals surface area contributed by atoms with Crippen LogP contribution in [-0.4, -0.2) is 42.5 Å². The van der Waals surface area contributed by atoms with Crippen molar-refractivity contribution < 1.29 is 9.59 Å². The third-order valence-electron chi connectivity index (χ3n) is 1.54. The van der Waals surface area contributed by atoms with Crippen LogP contribution in [-0.2, 0) is 9.59 Å². The quantitative estimate of drug-likeness (QED) is 0.341. The maximum absolute atomic E-state index is 10.9. The van der Waals surface area contributed by atoms with Crippen molar-refractivity contribution in [3.05, 3.63) is 0 Å². The van der Waals surface area contributed by atoms with Gasteiger partial charge >= 0.3 is 0 Å². The highest BCUT2D eigenvalue weighted by Crippen LogP contribution is 2.22. The van der Waals surface area contributed by atoms with Crippen molar-refractivity contribution in [1.82, 2.24) is 5.32 Å². The molecule has 2 amide bonds. The van der Waals surface area contributed by atoms with Crippen molar-refractivity contribution in [2.45, 2.75) is 26.3 Å². The molecule has 0 aromatic rings. The van der Waals surface area contributed by atoms with E-state index in [-0.39, 0.29) is 17.9 Å². The third-order valence-corrected chi connectivity index (χ3v) is 3.96. The van der Waals surface area contributed by atoms with Gasteiger partial charge in [-0.3, -0.25) is 9.59 Å². The Morgan fingerprint density at radius 1 is 1.22 bits per heavy atom.